The quantitative estimate of drug-likeness (QED) is 0.636. The van der Waals surface area contributed by atoms with Crippen molar-refractivity contribution >= 4 is 34.8 Å². The number of rotatable bonds is 5. The van der Waals surface area contributed by atoms with Crippen LogP contribution in [-0.2, 0) is 0 Å². The number of benzene rings is 2. The van der Waals surface area contributed by atoms with Gasteiger partial charge in [0.05, 0.1) is 6.04 Å². The van der Waals surface area contributed by atoms with Gasteiger partial charge in [-0.3, -0.25) is 5.84 Å². The van der Waals surface area contributed by atoms with E-state index in [1.807, 2.05) is 0 Å². The molecule has 20 heavy (non-hydrogen) atoms. The maximum absolute atomic E-state index is 6.15. The van der Waals surface area contributed by atoms with Crippen LogP contribution in [0.15, 0.2) is 42.5 Å². The molecular weight excluding hydrogens is 319 g/mol. The van der Waals surface area contributed by atoms with Crippen LogP contribution in [0.2, 0.25) is 15.1 Å². The van der Waals surface area contributed by atoms with Gasteiger partial charge in [0, 0.05) is 15.1 Å². The predicted molar refractivity (Wildman–Crippen MR) is 83.5 cm³/mol. The number of hydrogen-bond donors (Lipinski definition) is 2. The van der Waals surface area contributed by atoms with E-state index in [0.29, 0.717) is 27.4 Å². The Balaban J connectivity index is 2.09. The molecule has 0 aromatic heterocycles. The number of ether oxygens (including phenoxy) is 1. The van der Waals surface area contributed by atoms with Crippen molar-refractivity contribution in [1.82, 2.24) is 5.43 Å². The van der Waals surface area contributed by atoms with E-state index in [9.17, 15) is 0 Å². The van der Waals surface area contributed by atoms with Crippen LogP contribution >= 0.6 is 34.8 Å². The fourth-order valence-corrected chi connectivity index (χ4v) is 2.28. The Morgan fingerprint density at radius 3 is 2.30 bits per heavy atom. The van der Waals surface area contributed by atoms with Crippen LogP contribution in [-0.4, -0.2) is 6.61 Å². The van der Waals surface area contributed by atoms with Crippen molar-refractivity contribution in [2.75, 3.05) is 6.61 Å². The van der Waals surface area contributed by atoms with Crippen LogP contribution in [0.4, 0.5) is 0 Å². The van der Waals surface area contributed by atoms with Crippen molar-refractivity contribution < 1.29 is 4.74 Å². The van der Waals surface area contributed by atoms with Crippen molar-refractivity contribution in [3.05, 3.63) is 63.1 Å². The Kier molecular flexibility index (Phi) is 5.52. The van der Waals surface area contributed by atoms with Gasteiger partial charge in [-0.2, -0.15) is 0 Å². The van der Waals surface area contributed by atoms with Crippen molar-refractivity contribution in [3.63, 3.8) is 0 Å². The molecule has 2 rings (SSSR count). The van der Waals surface area contributed by atoms with Gasteiger partial charge in [0.2, 0.25) is 0 Å². The zero-order valence-corrected chi connectivity index (χ0v) is 12.7. The lowest BCUT2D eigenvalue weighted by Gasteiger charge is -2.18. The predicted octanol–water partition coefficient (Wildman–Crippen LogP) is 4.23. The first kappa shape index (κ1) is 15.4. The molecule has 106 valence electrons. The molecule has 1 atom stereocenters. The highest BCUT2D eigenvalue weighted by Crippen LogP contribution is 2.27. The smallest absolute Gasteiger partial charge is 0.119 e. The van der Waals surface area contributed by atoms with Gasteiger partial charge in [0.15, 0.2) is 0 Å². The third-order valence-corrected chi connectivity index (χ3v) is 3.60. The van der Waals surface area contributed by atoms with Gasteiger partial charge in [-0.1, -0.05) is 34.8 Å². The topological polar surface area (TPSA) is 47.3 Å². The molecular formula is C14H13Cl3N2O. The lowest BCUT2D eigenvalue weighted by molar-refractivity contribution is 0.267. The molecule has 0 fully saturated rings. The highest BCUT2D eigenvalue weighted by molar-refractivity contribution is 6.33. The number of hydrogen-bond acceptors (Lipinski definition) is 3. The van der Waals surface area contributed by atoms with Crippen molar-refractivity contribution in [2.45, 2.75) is 6.04 Å². The summed E-state index contributed by atoms with van der Waals surface area (Å²) in [5, 5.41) is 1.83. The largest absolute Gasteiger partial charge is 0.492 e. The minimum absolute atomic E-state index is 0.267. The Labute approximate surface area is 132 Å². The summed E-state index contributed by atoms with van der Waals surface area (Å²) < 4.78 is 5.66. The fraction of sp³-hybridized carbons (Fsp3) is 0.143. The second kappa shape index (κ2) is 7.16. The Morgan fingerprint density at radius 2 is 1.65 bits per heavy atom. The molecule has 3 N–H and O–H groups in total. The second-order valence-electron chi connectivity index (χ2n) is 4.15. The molecule has 2 aromatic carbocycles. The molecule has 0 saturated carbocycles. The number of halogens is 3. The summed E-state index contributed by atoms with van der Waals surface area (Å²) in [6.45, 7) is 0.318. The molecule has 0 aliphatic heterocycles. The summed E-state index contributed by atoms with van der Waals surface area (Å²) in [6.07, 6.45) is 0. The van der Waals surface area contributed by atoms with Crippen LogP contribution in [0.25, 0.3) is 0 Å². The maximum Gasteiger partial charge on any atom is 0.119 e. The van der Waals surface area contributed by atoms with Crippen molar-refractivity contribution in [2.24, 2.45) is 5.84 Å². The summed E-state index contributed by atoms with van der Waals surface area (Å²) in [4.78, 5) is 0. The first-order valence-electron chi connectivity index (χ1n) is 5.89. The first-order chi connectivity index (χ1) is 9.60. The van der Waals surface area contributed by atoms with Gasteiger partial charge in [-0.25, -0.2) is 5.43 Å². The molecule has 0 bridgehead atoms. The standard InChI is InChI=1S/C14H13Cl3N2O/c15-9-1-4-11(5-2-9)20-8-14(19-18)12-7-10(16)3-6-13(12)17/h1-7,14,19H,8,18H2. The van der Waals surface area contributed by atoms with E-state index in [1.54, 1.807) is 42.5 Å². The van der Waals surface area contributed by atoms with Crippen LogP contribution < -0.4 is 16.0 Å². The third kappa shape index (κ3) is 4.01. The molecule has 0 spiro atoms. The number of nitrogens with one attached hydrogen (secondary N) is 1. The van der Waals surface area contributed by atoms with Crippen LogP contribution in [0.3, 0.4) is 0 Å². The maximum atomic E-state index is 6.15. The summed E-state index contributed by atoms with van der Waals surface area (Å²) in [6, 6.07) is 12.0. The first-order valence-corrected chi connectivity index (χ1v) is 7.03. The van der Waals surface area contributed by atoms with E-state index in [0.717, 1.165) is 5.56 Å². The minimum atomic E-state index is -0.267. The van der Waals surface area contributed by atoms with E-state index >= 15 is 0 Å². The van der Waals surface area contributed by atoms with Crippen molar-refractivity contribution in [1.29, 1.82) is 0 Å². The molecule has 0 heterocycles. The highest BCUT2D eigenvalue weighted by Gasteiger charge is 2.14. The van der Waals surface area contributed by atoms with Gasteiger partial charge in [-0.15, -0.1) is 0 Å². The molecule has 0 amide bonds. The fourth-order valence-electron chi connectivity index (χ4n) is 1.72. The second-order valence-corrected chi connectivity index (χ2v) is 5.43. The van der Waals surface area contributed by atoms with Crippen LogP contribution in [0.5, 0.6) is 5.75 Å². The molecule has 0 saturated heterocycles. The molecule has 6 heteroatoms. The van der Waals surface area contributed by atoms with Crippen molar-refractivity contribution in [3.8, 4) is 5.75 Å². The Hall–Kier alpha value is -0.970. The summed E-state index contributed by atoms with van der Waals surface area (Å²) in [5.74, 6) is 6.26. The Bertz CT molecular complexity index is 575. The third-order valence-electron chi connectivity index (χ3n) is 2.76. The van der Waals surface area contributed by atoms with Crippen LogP contribution in [0, 0.1) is 0 Å². The number of nitrogens with two attached hydrogens (primary N) is 1. The van der Waals surface area contributed by atoms with Crippen LogP contribution in [0.1, 0.15) is 11.6 Å². The van der Waals surface area contributed by atoms with E-state index in [4.69, 9.17) is 45.4 Å². The Morgan fingerprint density at radius 1 is 1.00 bits per heavy atom. The van der Waals surface area contributed by atoms with E-state index in [2.05, 4.69) is 5.43 Å². The summed E-state index contributed by atoms with van der Waals surface area (Å²) in [7, 11) is 0. The minimum Gasteiger partial charge on any atom is -0.492 e. The molecule has 1 unspecified atom stereocenters. The van der Waals surface area contributed by atoms with E-state index < -0.39 is 0 Å². The van der Waals surface area contributed by atoms with Gasteiger partial charge in [0.1, 0.15) is 12.4 Å². The van der Waals surface area contributed by atoms with Gasteiger partial charge < -0.3 is 4.74 Å². The SMILES string of the molecule is NNC(COc1ccc(Cl)cc1)c1cc(Cl)ccc1Cl. The number of hydrazine groups is 1. The van der Waals surface area contributed by atoms with Gasteiger partial charge >= 0.3 is 0 Å². The average Bonchev–Trinajstić information content (AvgIpc) is 2.45. The zero-order chi connectivity index (χ0) is 14.5. The molecule has 3 nitrogen and oxygen atoms in total. The van der Waals surface area contributed by atoms with E-state index in [-0.39, 0.29) is 6.04 Å². The highest BCUT2D eigenvalue weighted by atomic mass is 35.5. The monoisotopic (exact) mass is 330 g/mol. The average molecular weight is 332 g/mol. The van der Waals surface area contributed by atoms with Gasteiger partial charge in [0.25, 0.3) is 0 Å². The lowest BCUT2D eigenvalue weighted by Crippen LogP contribution is -2.32. The molecule has 0 radical (unpaired) electrons. The molecule has 0 aliphatic carbocycles. The normalized spacial score (nSPS) is 12.2. The lowest BCUT2D eigenvalue weighted by atomic mass is 10.1. The van der Waals surface area contributed by atoms with Gasteiger partial charge in [-0.05, 0) is 48.0 Å². The zero-order valence-electron chi connectivity index (χ0n) is 10.4. The van der Waals surface area contributed by atoms with E-state index in [1.165, 1.54) is 0 Å². The molecule has 0 aliphatic rings. The summed E-state index contributed by atoms with van der Waals surface area (Å²) >= 11 is 17.9. The summed E-state index contributed by atoms with van der Waals surface area (Å²) in [5.41, 5.74) is 3.46. The molecule has 2 aromatic rings.